The van der Waals surface area contributed by atoms with E-state index in [1.807, 2.05) is 66.7 Å². The number of furan rings is 1. The second-order valence-electron chi connectivity index (χ2n) is 6.86. The zero-order chi connectivity index (χ0) is 19.1. The molecule has 2 aliphatic rings. The van der Waals surface area contributed by atoms with E-state index in [1.165, 1.54) is 11.8 Å². The van der Waals surface area contributed by atoms with Crippen LogP contribution in [0.1, 0.15) is 17.2 Å². The Morgan fingerprint density at radius 1 is 1.04 bits per heavy atom. The first kappa shape index (κ1) is 16.9. The number of anilines is 1. The Kier molecular flexibility index (Phi) is 4.07. The predicted molar refractivity (Wildman–Crippen MR) is 108 cm³/mol. The SMILES string of the molecule is N#CC1=C2Sc3ccccc3N2C(=O)[C@H](Cc2ccccc2)[C@@H]1c1ccco1. The summed E-state index contributed by atoms with van der Waals surface area (Å²) in [4.78, 5) is 16.4. The Balaban J connectivity index is 1.68. The van der Waals surface area contributed by atoms with Gasteiger partial charge in [-0.05, 0) is 36.2 Å². The first-order valence-electron chi connectivity index (χ1n) is 9.10. The van der Waals surface area contributed by atoms with Crippen LogP contribution in [0.2, 0.25) is 0 Å². The van der Waals surface area contributed by atoms with Gasteiger partial charge in [0.05, 0.1) is 35.4 Å². The number of allylic oxidation sites excluding steroid dienone is 1. The Morgan fingerprint density at radius 2 is 1.82 bits per heavy atom. The zero-order valence-corrected chi connectivity index (χ0v) is 15.7. The lowest BCUT2D eigenvalue weighted by molar-refractivity contribution is -0.122. The summed E-state index contributed by atoms with van der Waals surface area (Å²) < 4.78 is 5.68. The van der Waals surface area contributed by atoms with Crippen molar-refractivity contribution >= 4 is 23.4 Å². The molecule has 0 aliphatic carbocycles. The maximum Gasteiger partial charge on any atom is 0.236 e. The minimum atomic E-state index is -0.404. The molecule has 0 spiro atoms. The number of fused-ring (bicyclic) bond motifs is 3. The van der Waals surface area contributed by atoms with Crippen LogP contribution in [0.5, 0.6) is 0 Å². The first-order chi connectivity index (χ1) is 13.8. The van der Waals surface area contributed by atoms with Crippen LogP contribution in [0, 0.1) is 17.2 Å². The van der Waals surface area contributed by atoms with Gasteiger partial charge in [-0.15, -0.1) is 0 Å². The van der Waals surface area contributed by atoms with Crippen LogP contribution in [0.4, 0.5) is 5.69 Å². The molecule has 3 heterocycles. The lowest BCUT2D eigenvalue weighted by Crippen LogP contribution is -2.42. The second kappa shape index (κ2) is 6.74. The standard InChI is InChI=1S/C23H16N2O2S/c24-14-17-21(19-10-6-12-27-19)16(13-15-7-2-1-3-8-15)22(26)25-18-9-4-5-11-20(18)28-23(17)25/h1-12,16,21H,13H2/t16-,21+/m1/s1. The summed E-state index contributed by atoms with van der Waals surface area (Å²) in [5.74, 6) is -0.120. The fourth-order valence-corrected chi connectivity index (χ4v) is 5.20. The molecule has 5 heteroatoms. The predicted octanol–water partition coefficient (Wildman–Crippen LogP) is 5.11. The van der Waals surface area contributed by atoms with Gasteiger partial charge in [-0.25, -0.2) is 0 Å². The van der Waals surface area contributed by atoms with E-state index in [4.69, 9.17) is 4.42 Å². The van der Waals surface area contributed by atoms with E-state index in [1.54, 1.807) is 11.2 Å². The van der Waals surface area contributed by atoms with E-state index in [2.05, 4.69) is 6.07 Å². The number of carbonyl (C=O) groups excluding carboxylic acids is 1. The topological polar surface area (TPSA) is 57.2 Å². The number of benzene rings is 2. The second-order valence-corrected chi connectivity index (χ2v) is 7.89. The number of thioether (sulfide) groups is 1. The van der Waals surface area contributed by atoms with Crippen molar-refractivity contribution in [2.75, 3.05) is 4.90 Å². The minimum absolute atomic E-state index is 0.0108. The van der Waals surface area contributed by atoms with E-state index in [0.717, 1.165) is 16.1 Å². The molecule has 0 unspecified atom stereocenters. The van der Waals surface area contributed by atoms with Gasteiger partial charge in [0.15, 0.2) is 0 Å². The summed E-state index contributed by atoms with van der Waals surface area (Å²) in [7, 11) is 0. The molecule has 3 aromatic rings. The highest BCUT2D eigenvalue weighted by molar-refractivity contribution is 8.03. The first-order valence-corrected chi connectivity index (χ1v) is 9.92. The molecule has 28 heavy (non-hydrogen) atoms. The third-order valence-corrected chi connectivity index (χ3v) is 6.43. The fourth-order valence-electron chi connectivity index (χ4n) is 4.02. The number of rotatable bonds is 3. The number of carbonyl (C=O) groups is 1. The lowest BCUT2D eigenvalue weighted by Gasteiger charge is -2.35. The lowest BCUT2D eigenvalue weighted by atomic mass is 9.77. The maximum atomic E-state index is 13.7. The van der Waals surface area contributed by atoms with Crippen LogP contribution in [-0.4, -0.2) is 5.91 Å². The Morgan fingerprint density at radius 3 is 2.57 bits per heavy atom. The van der Waals surface area contributed by atoms with E-state index in [9.17, 15) is 10.1 Å². The van der Waals surface area contributed by atoms with Crippen LogP contribution in [0.15, 0.2) is 92.9 Å². The average Bonchev–Trinajstić information content (AvgIpc) is 3.38. The number of amides is 1. The number of hydrogen-bond acceptors (Lipinski definition) is 4. The summed E-state index contributed by atoms with van der Waals surface area (Å²) in [6.45, 7) is 0. The fraction of sp³-hybridized carbons (Fsp3) is 0.130. The van der Waals surface area contributed by atoms with E-state index >= 15 is 0 Å². The summed E-state index contributed by atoms with van der Waals surface area (Å²) >= 11 is 1.49. The average molecular weight is 384 g/mol. The van der Waals surface area contributed by atoms with Gasteiger partial charge in [0, 0.05) is 4.90 Å². The molecule has 0 fully saturated rings. The van der Waals surface area contributed by atoms with Gasteiger partial charge in [-0.2, -0.15) is 5.26 Å². The summed E-state index contributed by atoms with van der Waals surface area (Å²) in [6.07, 6.45) is 2.15. The molecular formula is C23H16N2O2S. The molecule has 0 bridgehead atoms. The highest BCUT2D eigenvalue weighted by atomic mass is 32.2. The van der Waals surface area contributed by atoms with E-state index in [-0.39, 0.29) is 11.8 Å². The molecule has 1 amide bonds. The van der Waals surface area contributed by atoms with Crippen molar-refractivity contribution in [3.63, 3.8) is 0 Å². The van der Waals surface area contributed by atoms with Gasteiger partial charge in [0.25, 0.3) is 0 Å². The van der Waals surface area contributed by atoms with Crippen LogP contribution in [0.25, 0.3) is 0 Å². The smallest absolute Gasteiger partial charge is 0.236 e. The van der Waals surface area contributed by atoms with Gasteiger partial charge in [0.1, 0.15) is 10.8 Å². The summed E-state index contributed by atoms with van der Waals surface area (Å²) in [6, 6.07) is 23.8. The van der Waals surface area contributed by atoms with Gasteiger partial charge < -0.3 is 4.42 Å². The number of hydrogen-bond donors (Lipinski definition) is 0. The normalized spacial score (nSPS) is 20.7. The van der Waals surface area contributed by atoms with Crippen molar-refractivity contribution in [1.29, 1.82) is 5.26 Å². The van der Waals surface area contributed by atoms with Crippen molar-refractivity contribution in [1.82, 2.24) is 0 Å². The van der Waals surface area contributed by atoms with E-state index in [0.29, 0.717) is 22.8 Å². The third kappa shape index (κ3) is 2.57. The van der Waals surface area contributed by atoms with Crippen molar-refractivity contribution < 1.29 is 9.21 Å². The van der Waals surface area contributed by atoms with Crippen molar-refractivity contribution in [3.05, 3.63) is 94.9 Å². The highest BCUT2D eigenvalue weighted by Gasteiger charge is 2.47. The molecule has 2 aliphatic heterocycles. The number of nitrogens with zero attached hydrogens (tertiary/aromatic N) is 2. The van der Waals surface area contributed by atoms with Gasteiger partial charge in [-0.3, -0.25) is 9.69 Å². The van der Waals surface area contributed by atoms with Crippen molar-refractivity contribution in [2.24, 2.45) is 5.92 Å². The molecule has 0 N–H and O–H groups in total. The maximum absolute atomic E-state index is 13.7. The molecule has 5 rings (SSSR count). The summed E-state index contributed by atoms with van der Waals surface area (Å²) in [5, 5.41) is 10.8. The monoisotopic (exact) mass is 384 g/mol. The molecule has 4 nitrogen and oxygen atoms in total. The largest absolute Gasteiger partial charge is 0.469 e. The van der Waals surface area contributed by atoms with Crippen molar-refractivity contribution in [3.8, 4) is 6.07 Å². The molecular weight excluding hydrogens is 368 g/mol. The Bertz CT molecular complexity index is 1110. The molecule has 1 aromatic heterocycles. The van der Waals surface area contributed by atoms with Crippen LogP contribution in [-0.2, 0) is 11.2 Å². The quantitative estimate of drug-likeness (QED) is 0.630. The van der Waals surface area contributed by atoms with Crippen LogP contribution >= 0.6 is 11.8 Å². The molecule has 2 aromatic carbocycles. The van der Waals surface area contributed by atoms with Crippen molar-refractivity contribution in [2.45, 2.75) is 17.2 Å². The molecule has 0 saturated carbocycles. The third-order valence-electron chi connectivity index (χ3n) is 5.27. The number of nitriles is 1. The molecule has 2 atom stereocenters. The van der Waals surface area contributed by atoms with Gasteiger partial charge >= 0.3 is 0 Å². The van der Waals surface area contributed by atoms with Gasteiger partial charge in [-0.1, -0.05) is 54.2 Å². The zero-order valence-electron chi connectivity index (χ0n) is 14.9. The summed E-state index contributed by atoms with van der Waals surface area (Å²) in [5.41, 5.74) is 2.52. The van der Waals surface area contributed by atoms with Crippen LogP contribution < -0.4 is 4.90 Å². The van der Waals surface area contributed by atoms with E-state index < -0.39 is 5.92 Å². The molecule has 0 radical (unpaired) electrons. The minimum Gasteiger partial charge on any atom is -0.469 e. The van der Waals surface area contributed by atoms with Gasteiger partial charge in [0.2, 0.25) is 5.91 Å². The molecule has 0 saturated heterocycles. The highest BCUT2D eigenvalue weighted by Crippen LogP contribution is 2.54. The Labute approximate surface area is 167 Å². The Hall–Kier alpha value is -3.23. The number of para-hydroxylation sites is 1. The van der Waals surface area contributed by atoms with Crippen LogP contribution in [0.3, 0.4) is 0 Å². The molecule has 136 valence electrons.